The molecule has 0 bridgehead atoms. The van der Waals surface area contributed by atoms with Crippen LogP contribution in [0.4, 0.5) is 4.39 Å². The normalized spacial score (nSPS) is 15.1. The van der Waals surface area contributed by atoms with Crippen LogP contribution >= 0.6 is 0 Å². The molecular weight excluding hydrogens is 257 g/mol. The van der Waals surface area contributed by atoms with Gasteiger partial charge in [-0.3, -0.25) is 0 Å². The number of nitrogens with two attached hydrogens (primary N) is 1. The Morgan fingerprint density at radius 3 is 2.35 bits per heavy atom. The summed E-state index contributed by atoms with van der Waals surface area (Å²) in [5, 5.41) is 4.05. The monoisotopic (exact) mass is 277 g/mol. The summed E-state index contributed by atoms with van der Waals surface area (Å²) in [6.45, 7) is 7.81. The van der Waals surface area contributed by atoms with Crippen molar-refractivity contribution in [2.45, 2.75) is 45.1 Å². The Hall–Kier alpha value is -1.75. The fraction of sp³-hybridized carbons (Fsp3) is 0.467. The minimum atomic E-state index is -0.451. The first kappa shape index (κ1) is 14.7. The maximum atomic E-state index is 13.0. The maximum Gasteiger partial charge on any atom is 0.231 e. The number of nitrogens with zero attached hydrogens (tertiary/aromatic N) is 2. The molecule has 0 spiro atoms. The van der Waals surface area contributed by atoms with Gasteiger partial charge in [0.1, 0.15) is 5.82 Å². The first-order chi connectivity index (χ1) is 9.32. The zero-order chi connectivity index (χ0) is 14.9. The Morgan fingerprint density at radius 1 is 1.20 bits per heavy atom. The van der Waals surface area contributed by atoms with Crippen LogP contribution in [0.15, 0.2) is 28.8 Å². The van der Waals surface area contributed by atoms with Gasteiger partial charge in [-0.1, -0.05) is 24.2 Å². The van der Waals surface area contributed by atoms with Crippen LogP contribution in [0.25, 0.3) is 0 Å². The Morgan fingerprint density at radius 2 is 1.80 bits per heavy atom. The number of rotatable bonds is 4. The summed E-state index contributed by atoms with van der Waals surface area (Å²) in [5.74, 6) is 0.848. The molecule has 2 atom stereocenters. The molecular formula is C15H20FN3O. The highest BCUT2D eigenvalue weighted by Crippen LogP contribution is 2.30. The maximum absolute atomic E-state index is 13.0. The van der Waals surface area contributed by atoms with E-state index >= 15 is 0 Å². The summed E-state index contributed by atoms with van der Waals surface area (Å²) < 4.78 is 18.3. The van der Waals surface area contributed by atoms with Gasteiger partial charge in [-0.15, -0.1) is 0 Å². The van der Waals surface area contributed by atoms with E-state index in [1.54, 1.807) is 12.1 Å². The molecule has 2 N–H and O–H groups in total. The smallest absolute Gasteiger partial charge is 0.231 e. The molecule has 0 aliphatic heterocycles. The zero-order valence-electron chi connectivity index (χ0n) is 12.2. The minimum Gasteiger partial charge on any atom is -0.339 e. The van der Waals surface area contributed by atoms with Crippen molar-refractivity contribution >= 4 is 0 Å². The summed E-state index contributed by atoms with van der Waals surface area (Å²) in [6, 6.07) is 6.28. The standard InChI is InChI=1S/C15H20FN3O/c1-9(10(2)17)13-18-14(19-20-13)15(3,4)11-5-7-12(16)8-6-11/h5-10H,17H2,1-4H3. The van der Waals surface area contributed by atoms with Gasteiger partial charge in [0.15, 0.2) is 5.82 Å². The van der Waals surface area contributed by atoms with Gasteiger partial charge in [0.05, 0.1) is 11.3 Å². The molecule has 2 rings (SSSR count). The van der Waals surface area contributed by atoms with Crippen LogP contribution in [0, 0.1) is 5.82 Å². The Balaban J connectivity index is 2.32. The number of halogens is 1. The van der Waals surface area contributed by atoms with Crippen molar-refractivity contribution in [3.8, 4) is 0 Å². The van der Waals surface area contributed by atoms with Gasteiger partial charge >= 0.3 is 0 Å². The molecule has 0 aliphatic carbocycles. The largest absolute Gasteiger partial charge is 0.339 e. The number of hydrogen-bond donors (Lipinski definition) is 1. The van der Waals surface area contributed by atoms with Crippen molar-refractivity contribution in [3.05, 3.63) is 47.4 Å². The van der Waals surface area contributed by atoms with Crippen LogP contribution in [0.2, 0.25) is 0 Å². The van der Waals surface area contributed by atoms with E-state index in [9.17, 15) is 4.39 Å². The van der Waals surface area contributed by atoms with Crippen LogP contribution in [-0.4, -0.2) is 16.2 Å². The molecule has 1 heterocycles. The lowest BCUT2D eigenvalue weighted by molar-refractivity contribution is 0.338. The fourth-order valence-electron chi connectivity index (χ4n) is 1.89. The SMILES string of the molecule is CC(N)C(C)c1nc(C(C)(C)c2ccc(F)cc2)no1. The molecule has 2 aromatic rings. The van der Waals surface area contributed by atoms with Gasteiger partial charge in [0.2, 0.25) is 5.89 Å². The second-order valence-electron chi connectivity index (χ2n) is 5.74. The molecule has 1 aromatic carbocycles. The summed E-state index contributed by atoms with van der Waals surface area (Å²) in [4.78, 5) is 4.45. The Bertz CT molecular complexity index is 575. The Labute approximate surface area is 118 Å². The second-order valence-corrected chi connectivity index (χ2v) is 5.74. The van der Waals surface area contributed by atoms with E-state index in [0.717, 1.165) is 5.56 Å². The van der Waals surface area contributed by atoms with Crippen LogP contribution in [0.3, 0.4) is 0 Å². The molecule has 0 fully saturated rings. The van der Waals surface area contributed by atoms with Gasteiger partial charge in [-0.05, 0) is 38.5 Å². The molecule has 4 nitrogen and oxygen atoms in total. The average Bonchev–Trinajstić information content (AvgIpc) is 2.88. The first-order valence-electron chi connectivity index (χ1n) is 6.68. The lowest BCUT2D eigenvalue weighted by atomic mass is 9.84. The van der Waals surface area contributed by atoms with E-state index in [2.05, 4.69) is 10.1 Å². The predicted octanol–water partition coefficient (Wildman–Crippen LogP) is 2.99. The summed E-state index contributed by atoms with van der Waals surface area (Å²) in [6.07, 6.45) is 0. The third-order valence-corrected chi connectivity index (χ3v) is 3.74. The molecule has 0 saturated carbocycles. The number of aromatic nitrogens is 2. The van der Waals surface area contributed by atoms with Gasteiger partial charge in [0, 0.05) is 6.04 Å². The lowest BCUT2D eigenvalue weighted by Crippen LogP contribution is -2.24. The third kappa shape index (κ3) is 2.72. The molecule has 0 saturated heterocycles. The summed E-state index contributed by atoms with van der Waals surface area (Å²) in [5.41, 5.74) is 6.32. The van der Waals surface area contributed by atoms with Crippen LogP contribution in [0.1, 0.15) is 50.9 Å². The van der Waals surface area contributed by atoms with Gasteiger partial charge in [-0.2, -0.15) is 4.98 Å². The quantitative estimate of drug-likeness (QED) is 0.933. The highest BCUT2D eigenvalue weighted by Gasteiger charge is 2.30. The lowest BCUT2D eigenvalue weighted by Gasteiger charge is -2.20. The molecule has 0 aliphatic rings. The average molecular weight is 277 g/mol. The molecule has 0 radical (unpaired) electrons. The Kier molecular flexibility index (Phi) is 3.90. The van der Waals surface area contributed by atoms with Gasteiger partial charge in [-0.25, -0.2) is 4.39 Å². The molecule has 0 amide bonds. The second kappa shape index (κ2) is 5.32. The van der Waals surface area contributed by atoms with Crippen LogP contribution < -0.4 is 5.73 Å². The summed E-state index contributed by atoms with van der Waals surface area (Å²) >= 11 is 0. The van der Waals surface area contributed by atoms with Crippen LogP contribution in [0.5, 0.6) is 0 Å². The van der Waals surface area contributed by atoms with E-state index in [4.69, 9.17) is 10.3 Å². The van der Waals surface area contributed by atoms with Gasteiger partial charge < -0.3 is 10.3 Å². The first-order valence-corrected chi connectivity index (χ1v) is 6.68. The van der Waals surface area contributed by atoms with E-state index in [1.807, 2.05) is 27.7 Å². The van der Waals surface area contributed by atoms with Crippen LogP contribution in [-0.2, 0) is 5.41 Å². The summed E-state index contributed by atoms with van der Waals surface area (Å²) in [7, 11) is 0. The molecule has 108 valence electrons. The molecule has 5 heteroatoms. The van der Waals surface area contributed by atoms with E-state index < -0.39 is 5.41 Å². The van der Waals surface area contributed by atoms with E-state index in [0.29, 0.717) is 11.7 Å². The van der Waals surface area contributed by atoms with Gasteiger partial charge in [0.25, 0.3) is 0 Å². The van der Waals surface area contributed by atoms with Crippen molar-refractivity contribution in [1.82, 2.24) is 10.1 Å². The molecule has 20 heavy (non-hydrogen) atoms. The molecule has 2 unspecified atom stereocenters. The van der Waals surface area contributed by atoms with E-state index in [-0.39, 0.29) is 17.8 Å². The third-order valence-electron chi connectivity index (χ3n) is 3.74. The van der Waals surface area contributed by atoms with Crippen molar-refractivity contribution in [2.75, 3.05) is 0 Å². The van der Waals surface area contributed by atoms with Crippen molar-refractivity contribution in [3.63, 3.8) is 0 Å². The van der Waals surface area contributed by atoms with E-state index in [1.165, 1.54) is 12.1 Å². The predicted molar refractivity (Wildman–Crippen MR) is 74.9 cm³/mol. The number of hydrogen-bond acceptors (Lipinski definition) is 4. The van der Waals surface area contributed by atoms with Crippen molar-refractivity contribution < 1.29 is 8.91 Å². The topological polar surface area (TPSA) is 64.9 Å². The number of benzene rings is 1. The van der Waals surface area contributed by atoms with Crippen molar-refractivity contribution in [2.24, 2.45) is 5.73 Å². The van der Waals surface area contributed by atoms with Crippen molar-refractivity contribution in [1.29, 1.82) is 0 Å². The molecule has 1 aromatic heterocycles. The zero-order valence-corrected chi connectivity index (χ0v) is 12.2. The fourth-order valence-corrected chi connectivity index (χ4v) is 1.89. The highest BCUT2D eigenvalue weighted by molar-refractivity contribution is 5.30. The highest BCUT2D eigenvalue weighted by atomic mass is 19.1. The minimum absolute atomic E-state index is 0.000248.